The molecular weight excluding hydrogens is 349 g/mol. The average Bonchev–Trinajstić information content (AvgIpc) is 3.00. The summed E-state index contributed by atoms with van der Waals surface area (Å²) >= 11 is 5.94. The first kappa shape index (κ1) is 20.7. The molecule has 0 bridgehead atoms. The van der Waals surface area contributed by atoms with E-state index in [0.29, 0.717) is 24.5 Å². The van der Waals surface area contributed by atoms with E-state index in [1.807, 2.05) is 32.0 Å². The summed E-state index contributed by atoms with van der Waals surface area (Å²) in [6, 6.07) is 6.36. The first-order valence-corrected chi connectivity index (χ1v) is 8.36. The molecule has 0 saturated carbocycles. The number of amides is 2. The Morgan fingerprint density at radius 2 is 2.12 bits per heavy atom. The fourth-order valence-electron chi connectivity index (χ4n) is 2.73. The first-order valence-electron chi connectivity index (χ1n) is 7.98. The van der Waals surface area contributed by atoms with Crippen molar-refractivity contribution in [1.29, 1.82) is 0 Å². The van der Waals surface area contributed by atoms with Gasteiger partial charge >= 0.3 is 0 Å². The number of rotatable bonds is 5. The van der Waals surface area contributed by atoms with Gasteiger partial charge in [-0.2, -0.15) is 0 Å². The molecule has 1 aromatic rings. The Morgan fingerprint density at radius 3 is 2.75 bits per heavy atom. The van der Waals surface area contributed by atoms with Crippen LogP contribution < -0.4 is 11.1 Å². The highest BCUT2D eigenvalue weighted by Crippen LogP contribution is 2.20. The second-order valence-corrected chi connectivity index (χ2v) is 6.74. The summed E-state index contributed by atoms with van der Waals surface area (Å²) in [6.45, 7) is 4.81. The van der Waals surface area contributed by atoms with Crippen LogP contribution in [-0.2, 0) is 16.1 Å². The Hall–Kier alpha value is -1.30. The minimum Gasteiger partial charge on any atom is -0.350 e. The zero-order chi connectivity index (χ0) is 17.0. The number of nitrogens with one attached hydrogen (secondary N) is 1. The molecule has 1 aromatic carbocycles. The van der Waals surface area contributed by atoms with Crippen molar-refractivity contribution in [3.63, 3.8) is 0 Å². The largest absolute Gasteiger partial charge is 0.350 e. The normalized spacial score (nSPS) is 18.2. The molecule has 134 valence electrons. The van der Waals surface area contributed by atoms with Gasteiger partial charge in [0.2, 0.25) is 11.8 Å². The van der Waals surface area contributed by atoms with E-state index in [9.17, 15) is 9.59 Å². The van der Waals surface area contributed by atoms with Gasteiger partial charge in [0.1, 0.15) is 6.04 Å². The van der Waals surface area contributed by atoms with Crippen molar-refractivity contribution in [2.75, 3.05) is 6.54 Å². The smallest absolute Gasteiger partial charge is 0.243 e. The zero-order valence-corrected chi connectivity index (χ0v) is 15.6. The summed E-state index contributed by atoms with van der Waals surface area (Å²) in [5, 5.41) is 3.53. The van der Waals surface area contributed by atoms with Crippen molar-refractivity contribution >= 4 is 35.8 Å². The number of hydrogen-bond donors (Lipinski definition) is 2. The van der Waals surface area contributed by atoms with Gasteiger partial charge in [0.05, 0.1) is 6.04 Å². The van der Waals surface area contributed by atoms with Crippen LogP contribution in [0, 0.1) is 5.92 Å². The minimum absolute atomic E-state index is 0. The molecule has 1 saturated heterocycles. The van der Waals surface area contributed by atoms with Crippen molar-refractivity contribution < 1.29 is 9.59 Å². The van der Waals surface area contributed by atoms with Crippen LogP contribution in [0.4, 0.5) is 0 Å². The molecule has 0 radical (unpaired) electrons. The highest BCUT2D eigenvalue weighted by Gasteiger charge is 2.36. The van der Waals surface area contributed by atoms with Crippen LogP contribution in [0.15, 0.2) is 24.3 Å². The monoisotopic (exact) mass is 373 g/mol. The fourth-order valence-corrected chi connectivity index (χ4v) is 2.95. The SMILES string of the molecule is CC(C)[C@@H](N)C(=O)N1CCC[C@H]1C(=O)NCc1cccc(Cl)c1.Cl. The van der Waals surface area contributed by atoms with Gasteiger partial charge in [-0.05, 0) is 36.5 Å². The van der Waals surface area contributed by atoms with E-state index in [4.69, 9.17) is 17.3 Å². The number of nitrogens with two attached hydrogens (primary N) is 1. The first-order chi connectivity index (χ1) is 10.9. The van der Waals surface area contributed by atoms with E-state index in [1.165, 1.54) is 0 Å². The number of halogens is 2. The standard InChI is InChI=1S/C17H24ClN3O2.ClH/c1-11(2)15(19)17(23)21-8-4-7-14(21)16(22)20-10-12-5-3-6-13(18)9-12;/h3,5-6,9,11,14-15H,4,7-8,10,19H2,1-2H3,(H,20,22);1H/t14-,15+;/m0./s1. The third kappa shape index (κ3) is 5.10. The maximum Gasteiger partial charge on any atom is 0.243 e. The minimum atomic E-state index is -0.559. The van der Waals surface area contributed by atoms with Gasteiger partial charge in [0.15, 0.2) is 0 Å². The van der Waals surface area contributed by atoms with Gasteiger partial charge in [0.25, 0.3) is 0 Å². The Labute approximate surface area is 154 Å². The highest BCUT2D eigenvalue weighted by molar-refractivity contribution is 6.30. The lowest BCUT2D eigenvalue weighted by atomic mass is 10.0. The molecule has 7 heteroatoms. The van der Waals surface area contributed by atoms with Gasteiger partial charge in [0, 0.05) is 18.1 Å². The van der Waals surface area contributed by atoms with Gasteiger partial charge in [-0.3, -0.25) is 9.59 Å². The summed E-state index contributed by atoms with van der Waals surface area (Å²) < 4.78 is 0. The summed E-state index contributed by atoms with van der Waals surface area (Å²) in [6.07, 6.45) is 1.50. The topological polar surface area (TPSA) is 75.4 Å². The van der Waals surface area contributed by atoms with Crippen molar-refractivity contribution in [3.05, 3.63) is 34.9 Å². The fraction of sp³-hybridized carbons (Fsp3) is 0.529. The van der Waals surface area contributed by atoms with E-state index < -0.39 is 12.1 Å². The molecule has 1 aliphatic heterocycles. The summed E-state index contributed by atoms with van der Waals surface area (Å²) in [5.41, 5.74) is 6.88. The van der Waals surface area contributed by atoms with Crippen LogP contribution in [0.3, 0.4) is 0 Å². The molecule has 1 fully saturated rings. The van der Waals surface area contributed by atoms with E-state index >= 15 is 0 Å². The number of carbonyl (C=O) groups excluding carboxylic acids is 2. The molecule has 5 nitrogen and oxygen atoms in total. The number of nitrogens with zero attached hydrogens (tertiary/aromatic N) is 1. The third-order valence-electron chi connectivity index (χ3n) is 4.20. The van der Waals surface area contributed by atoms with E-state index in [1.54, 1.807) is 11.0 Å². The van der Waals surface area contributed by atoms with Gasteiger partial charge in [-0.15, -0.1) is 12.4 Å². The predicted molar refractivity (Wildman–Crippen MR) is 98.1 cm³/mol. The Balaban J connectivity index is 0.00000288. The third-order valence-corrected chi connectivity index (χ3v) is 4.43. The molecule has 1 aliphatic rings. The number of likely N-dealkylation sites (tertiary alicyclic amines) is 1. The lowest BCUT2D eigenvalue weighted by molar-refractivity contribution is -0.140. The molecule has 2 atom stereocenters. The zero-order valence-electron chi connectivity index (χ0n) is 14.0. The van der Waals surface area contributed by atoms with Crippen LogP contribution in [0.1, 0.15) is 32.3 Å². The molecule has 0 aliphatic carbocycles. The molecule has 1 heterocycles. The van der Waals surface area contributed by atoms with E-state index in [-0.39, 0.29) is 30.1 Å². The van der Waals surface area contributed by atoms with E-state index in [0.717, 1.165) is 12.0 Å². The maximum atomic E-state index is 12.4. The lowest BCUT2D eigenvalue weighted by Gasteiger charge is -2.28. The maximum absolute atomic E-state index is 12.4. The van der Waals surface area contributed by atoms with Gasteiger partial charge in [-0.1, -0.05) is 37.6 Å². The summed E-state index contributed by atoms with van der Waals surface area (Å²) in [4.78, 5) is 26.5. The Kier molecular flexibility index (Phi) is 8.00. The van der Waals surface area contributed by atoms with Crippen molar-refractivity contribution in [2.24, 2.45) is 11.7 Å². The van der Waals surface area contributed by atoms with Crippen molar-refractivity contribution in [3.8, 4) is 0 Å². The molecule has 0 aromatic heterocycles. The second kappa shape index (κ2) is 9.25. The summed E-state index contributed by atoms with van der Waals surface area (Å²) in [7, 11) is 0. The van der Waals surface area contributed by atoms with Gasteiger partial charge in [-0.25, -0.2) is 0 Å². The Morgan fingerprint density at radius 1 is 1.42 bits per heavy atom. The number of benzene rings is 1. The molecule has 3 N–H and O–H groups in total. The predicted octanol–water partition coefficient (Wildman–Crippen LogP) is 2.35. The van der Waals surface area contributed by atoms with Crippen molar-refractivity contribution in [2.45, 2.75) is 45.3 Å². The average molecular weight is 374 g/mol. The molecular formula is C17H25Cl2N3O2. The number of hydrogen-bond acceptors (Lipinski definition) is 3. The molecule has 2 rings (SSSR count). The van der Waals surface area contributed by atoms with E-state index in [2.05, 4.69) is 5.32 Å². The molecule has 24 heavy (non-hydrogen) atoms. The highest BCUT2D eigenvalue weighted by atomic mass is 35.5. The van der Waals surface area contributed by atoms with Crippen LogP contribution in [0.25, 0.3) is 0 Å². The number of carbonyl (C=O) groups is 2. The van der Waals surface area contributed by atoms with Crippen LogP contribution in [0.2, 0.25) is 5.02 Å². The molecule has 0 spiro atoms. The molecule has 2 amide bonds. The quantitative estimate of drug-likeness (QED) is 0.831. The Bertz CT molecular complexity index is 581. The van der Waals surface area contributed by atoms with Crippen LogP contribution >= 0.6 is 24.0 Å². The van der Waals surface area contributed by atoms with Crippen LogP contribution in [-0.4, -0.2) is 35.3 Å². The molecule has 0 unspecified atom stereocenters. The van der Waals surface area contributed by atoms with Crippen molar-refractivity contribution in [1.82, 2.24) is 10.2 Å². The second-order valence-electron chi connectivity index (χ2n) is 6.31. The van der Waals surface area contributed by atoms with Gasteiger partial charge < -0.3 is 16.0 Å². The van der Waals surface area contributed by atoms with Crippen LogP contribution in [0.5, 0.6) is 0 Å². The lowest BCUT2D eigenvalue weighted by Crippen LogP contribution is -2.52. The summed E-state index contributed by atoms with van der Waals surface area (Å²) in [5.74, 6) is -0.217.